The van der Waals surface area contributed by atoms with Gasteiger partial charge in [0.1, 0.15) is 0 Å². The smallest absolute Gasteiger partial charge is 0.0757 e. The number of hydrogen-bond acceptors (Lipinski definition) is 3. The van der Waals surface area contributed by atoms with Crippen molar-refractivity contribution in [1.82, 2.24) is 0 Å². The Morgan fingerprint density at radius 1 is 1.37 bits per heavy atom. The Balaban J connectivity index is 2.37. The maximum atomic E-state index is 6.03. The molecule has 2 N–H and O–H groups in total. The summed E-state index contributed by atoms with van der Waals surface area (Å²) < 4.78 is 1.13. The van der Waals surface area contributed by atoms with Crippen molar-refractivity contribution in [2.75, 3.05) is 18.0 Å². The van der Waals surface area contributed by atoms with Crippen molar-refractivity contribution in [2.24, 2.45) is 5.73 Å². The topological polar surface area (TPSA) is 29.3 Å². The van der Waals surface area contributed by atoms with Crippen LogP contribution in [0.4, 0.5) is 5.69 Å². The summed E-state index contributed by atoms with van der Waals surface area (Å²) in [4.78, 5) is 3.69. The molecule has 1 aromatic heterocycles. The Kier molecular flexibility index (Phi) is 5.02. The van der Waals surface area contributed by atoms with E-state index in [1.807, 2.05) is 0 Å². The van der Waals surface area contributed by atoms with Gasteiger partial charge in [0.15, 0.2) is 0 Å². The van der Waals surface area contributed by atoms with E-state index in [1.54, 1.807) is 11.3 Å². The summed E-state index contributed by atoms with van der Waals surface area (Å²) in [6.07, 6.45) is 0. The van der Waals surface area contributed by atoms with Crippen molar-refractivity contribution >= 4 is 33.0 Å². The lowest BCUT2D eigenvalue weighted by Gasteiger charge is -2.32. The minimum absolute atomic E-state index is 0.238. The van der Waals surface area contributed by atoms with Crippen molar-refractivity contribution in [1.29, 1.82) is 0 Å². The standard InChI is InChI=1S/C15H19BrN2S/c1-3-18(13-7-5-4-6-11(13)2)14(9-17)15-8-12(16)10-19-15/h4-8,10,14H,3,9,17H2,1-2H3. The molecule has 2 aromatic rings. The fourth-order valence-electron chi connectivity index (χ4n) is 2.34. The van der Waals surface area contributed by atoms with Gasteiger partial charge < -0.3 is 10.6 Å². The zero-order chi connectivity index (χ0) is 13.8. The number of nitrogens with zero attached hydrogens (tertiary/aromatic N) is 1. The molecule has 0 aliphatic rings. The molecule has 2 nitrogen and oxygen atoms in total. The molecule has 19 heavy (non-hydrogen) atoms. The van der Waals surface area contributed by atoms with Crippen LogP contribution < -0.4 is 10.6 Å². The molecule has 0 saturated heterocycles. The van der Waals surface area contributed by atoms with E-state index in [1.165, 1.54) is 16.1 Å². The highest BCUT2D eigenvalue weighted by Crippen LogP contribution is 2.33. The second-order valence-corrected chi connectivity index (χ2v) is 6.35. The third-order valence-corrected chi connectivity index (χ3v) is 5.08. The summed E-state index contributed by atoms with van der Waals surface area (Å²) >= 11 is 5.28. The van der Waals surface area contributed by atoms with Crippen LogP contribution in [0.2, 0.25) is 0 Å². The zero-order valence-electron chi connectivity index (χ0n) is 11.3. The number of aryl methyl sites for hydroxylation is 1. The first-order valence-corrected chi connectivity index (χ1v) is 8.11. The molecule has 0 bridgehead atoms. The van der Waals surface area contributed by atoms with Gasteiger partial charge in [0.05, 0.1) is 6.04 Å². The van der Waals surface area contributed by atoms with E-state index in [4.69, 9.17) is 5.73 Å². The SMILES string of the molecule is CCN(c1ccccc1C)C(CN)c1cc(Br)cs1. The summed E-state index contributed by atoms with van der Waals surface area (Å²) in [5.41, 5.74) is 8.59. The van der Waals surface area contributed by atoms with Gasteiger partial charge in [-0.15, -0.1) is 11.3 Å². The van der Waals surface area contributed by atoms with Crippen molar-refractivity contribution in [2.45, 2.75) is 19.9 Å². The Hall–Kier alpha value is -0.840. The fourth-order valence-corrected chi connectivity index (χ4v) is 3.92. The third-order valence-electron chi connectivity index (χ3n) is 3.28. The van der Waals surface area contributed by atoms with Gasteiger partial charge >= 0.3 is 0 Å². The van der Waals surface area contributed by atoms with E-state index < -0.39 is 0 Å². The Morgan fingerprint density at radius 3 is 2.63 bits per heavy atom. The summed E-state index contributed by atoms with van der Waals surface area (Å²) in [5, 5.41) is 2.11. The number of para-hydroxylation sites is 1. The molecule has 0 saturated carbocycles. The van der Waals surface area contributed by atoms with Crippen molar-refractivity contribution < 1.29 is 0 Å². The van der Waals surface area contributed by atoms with E-state index in [0.29, 0.717) is 6.54 Å². The minimum atomic E-state index is 0.238. The quantitative estimate of drug-likeness (QED) is 0.878. The van der Waals surface area contributed by atoms with E-state index in [2.05, 4.69) is 70.4 Å². The monoisotopic (exact) mass is 338 g/mol. The average Bonchev–Trinajstić information content (AvgIpc) is 2.83. The Labute approximate surface area is 127 Å². The normalized spacial score (nSPS) is 12.4. The maximum absolute atomic E-state index is 6.03. The summed E-state index contributed by atoms with van der Waals surface area (Å²) in [7, 11) is 0. The van der Waals surface area contributed by atoms with Crippen LogP contribution in [-0.4, -0.2) is 13.1 Å². The van der Waals surface area contributed by atoms with Gasteiger partial charge in [0, 0.05) is 33.5 Å². The van der Waals surface area contributed by atoms with Crippen LogP contribution in [0.15, 0.2) is 40.2 Å². The lowest BCUT2D eigenvalue weighted by molar-refractivity contribution is 0.651. The highest BCUT2D eigenvalue weighted by atomic mass is 79.9. The third kappa shape index (κ3) is 3.19. The molecule has 0 aliphatic carbocycles. The second kappa shape index (κ2) is 6.55. The molecule has 102 valence electrons. The first-order valence-electron chi connectivity index (χ1n) is 6.43. The predicted molar refractivity (Wildman–Crippen MR) is 88.0 cm³/mol. The molecule has 0 amide bonds. The summed E-state index contributed by atoms with van der Waals surface area (Å²) in [6.45, 7) is 5.89. The van der Waals surface area contributed by atoms with E-state index in [9.17, 15) is 0 Å². The largest absolute Gasteiger partial charge is 0.362 e. The maximum Gasteiger partial charge on any atom is 0.0757 e. The van der Waals surface area contributed by atoms with Crippen LogP contribution in [0.1, 0.15) is 23.4 Å². The van der Waals surface area contributed by atoms with Crippen LogP contribution in [-0.2, 0) is 0 Å². The van der Waals surface area contributed by atoms with Gasteiger partial charge in [0.2, 0.25) is 0 Å². The number of benzene rings is 1. The molecular formula is C15H19BrN2S. The Morgan fingerprint density at radius 2 is 2.11 bits per heavy atom. The van der Waals surface area contributed by atoms with Gasteiger partial charge in [-0.05, 0) is 47.5 Å². The highest BCUT2D eigenvalue weighted by molar-refractivity contribution is 9.10. The molecule has 0 aliphatic heterocycles. The van der Waals surface area contributed by atoms with Gasteiger partial charge in [-0.1, -0.05) is 18.2 Å². The molecule has 0 radical (unpaired) electrons. The molecule has 0 fully saturated rings. The van der Waals surface area contributed by atoms with Gasteiger partial charge in [-0.2, -0.15) is 0 Å². The van der Waals surface area contributed by atoms with Gasteiger partial charge in [-0.25, -0.2) is 0 Å². The molecule has 4 heteroatoms. The molecule has 1 unspecified atom stereocenters. The molecule has 2 rings (SSSR count). The lowest BCUT2D eigenvalue weighted by atomic mass is 10.1. The fraction of sp³-hybridized carbons (Fsp3) is 0.333. The van der Waals surface area contributed by atoms with Gasteiger partial charge in [0.25, 0.3) is 0 Å². The number of thiophene rings is 1. The van der Waals surface area contributed by atoms with Crippen LogP contribution in [0.5, 0.6) is 0 Å². The van der Waals surface area contributed by atoms with Crippen molar-refractivity contribution in [3.63, 3.8) is 0 Å². The lowest BCUT2D eigenvalue weighted by Crippen LogP contribution is -2.33. The molecule has 0 spiro atoms. The summed E-state index contributed by atoms with van der Waals surface area (Å²) in [5.74, 6) is 0. The van der Waals surface area contributed by atoms with E-state index >= 15 is 0 Å². The molecule has 1 aromatic carbocycles. The number of hydrogen-bond donors (Lipinski definition) is 1. The molecular weight excluding hydrogens is 320 g/mol. The number of nitrogens with two attached hydrogens (primary N) is 1. The second-order valence-electron chi connectivity index (χ2n) is 4.49. The first kappa shape index (κ1) is 14.6. The minimum Gasteiger partial charge on any atom is -0.362 e. The number of halogens is 1. The number of anilines is 1. The van der Waals surface area contributed by atoms with Crippen molar-refractivity contribution in [3.8, 4) is 0 Å². The van der Waals surface area contributed by atoms with Crippen LogP contribution >= 0.6 is 27.3 Å². The highest BCUT2D eigenvalue weighted by Gasteiger charge is 2.20. The molecule has 1 atom stereocenters. The van der Waals surface area contributed by atoms with Gasteiger partial charge in [-0.3, -0.25) is 0 Å². The first-order chi connectivity index (χ1) is 9.17. The van der Waals surface area contributed by atoms with E-state index in [-0.39, 0.29) is 6.04 Å². The van der Waals surface area contributed by atoms with Crippen LogP contribution in [0.3, 0.4) is 0 Å². The molecule has 1 heterocycles. The van der Waals surface area contributed by atoms with Crippen LogP contribution in [0, 0.1) is 6.92 Å². The van der Waals surface area contributed by atoms with E-state index in [0.717, 1.165) is 11.0 Å². The zero-order valence-corrected chi connectivity index (χ0v) is 13.7. The number of rotatable bonds is 5. The Bertz CT molecular complexity index is 538. The number of likely N-dealkylation sites (N-methyl/N-ethyl adjacent to an activating group) is 1. The van der Waals surface area contributed by atoms with Crippen molar-refractivity contribution in [3.05, 3.63) is 50.6 Å². The summed E-state index contributed by atoms with van der Waals surface area (Å²) in [6, 6.07) is 10.9. The predicted octanol–water partition coefficient (Wildman–Crippen LogP) is 4.35. The average molecular weight is 339 g/mol. The van der Waals surface area contributed by atoms with Crippen LogP contribution in [0.25, 0.3) is 0 Å².